The van der Waals surface area contributed by atoms with Gasteiger partial charge in [0.1, 0.15) is 17.1 Å². The summed E-state index contributed by atoms with van der Waals surface area (Å²) in [6.45, 7) is 3.45. The van der Waals surface area contributed by atoms with Crippen molar-refractivity contribution in [3.63, 3.8) is 0 Å². The molecular weight excluding hydrogens is 1270 g/mol. The van der Waals surface area contributed by atoms with Gasteiger partial charge in [-0.2, -0.15) is 18.7 Å². The van der Waals surface area contributed by atoms with Crippen LogP contribution in [0.15, 0.2) is 41.9 Å². The topological polar surface area (TPSA) is 701 Å². The lowest BCUT2D eigenvalue weighted by molar-refractivity contribution is -0.161. The van der Waals surface area contributed by atoms with Crippen LogP contribution in [-0.4, -0.2) is 203 Å². The van der Waals surface area contributed by atoms with E-state index in [-0.39, 0.29) is 54.4 Å². The second-order valence-electron chi connectivity index (χ2n) is 15.9. The van der Waals surface area contributed by atoms with Crippen molar-refractivity contribution in [2.75, 3.05) is 41.9 Å². The van der Waals surface area contributed by atoms with Crippen molar-refractivity contribution < 1.29 is 123 Å². The Bertz CT molecular complexity index is 3180. The van der Waals surface area contributed by atoms with Gasteiger partial charge in [0.15, 0.2) is 25.7 Å². The minimum Gasteiger partial charge on any atom is -0.479 e. The summed E-state index contributed by atoms with van der Waals surface area (Å²) < 4.78 is 7.25. The number of anilines is 5. The predicted octanol–water partition coefficient (Wildman–Crippen LogP) is -1.04. The van der Waals surface area contributed by atoms with E-state index in [1.807, 2.05) is 0 Å². The van der Waals surface area contributed by atoms with E-state index in [2.05, 4.69) is 74.0 Å². The van der Waals surface area contributed by atoms with E-state index in [1.54, 1.807) is 0 Å². The summed E-state index contributed by atoms with van der Waals surface area (Å²) in [4.78, 5) is 148. The highest BCUT2D eigenvalue weighted by Gasteiger charge is 2.54. The summed E-state index contributed by atoms with van der Waals surface area (Å²) in [6, 6.07) is 0. The van der Waals surface area contributed by atoms with Gasteiger partial charge < -0.3 is 104 Å². The van der Waals surface area contributed by atoms with E-state index in [4.69, 9.17) is 89.4 Å². The molecule has 0 spiro atoms. The Balaban J connectivity index is 0.000000367. The van der Waals surface area contributed by atoms with Crippen molar-refractivity contribution in [3.05, 3.63) is 44.9 Å². The van der Waals surface area contributed by atoms with Gasteiger partial charge in [-0.15, -0.1) is 34.0 Å². The number of nitrogens with two attached hydrogens (primary N) is 5. The maximum atomic E-state index is 11.0. The first kappa shape index (κ1) is 71.2. The number of thiazole rings is 3. The number of carbonyl (C=O) groups is 10. The molecule has 0 saturated heterocycles. The summed E-state index contributed by atoms with van der Waals surface area (Å²) in [7, 11) is 0. The molecule has 5 heterocycles. The van der Waals surface area contributed by atoms with Gasteiger partial charge in [0.05, 0.1) is 0 Å². The number of aliphatic carboxylic acids is 10. The average Bonchev–Trinajstić information content (AvgIpc) is 2.18. The molecular formula is C39H43N17O25S5. The first-order valence-corrected chi connectivity index (χ1v) is 25.9. The summed E-state index contributed by atoms with van der Waals surface area (Å²) in [6.07, 6.45) is 0.607. The number of carboxylic acids is 10. The Morgan fingerprint density at radius 2 is 0.767 bits per heavy atom. The van der Waals surface area contributed by atoms with Crippen molar-refractivity contribution in [1.29, 1.82) is 0 Å². The Kier molecular flexibility index (Phi) is 26.5. The maximum absolute atomic E-state index is 11.0. The van der Waals surface area contributed by atoms with E-state index < -0.39 is 118 Å². The molecule has 0 atom stereocenters. The fourth-order valence-corrected chi connectivity index (χ4v) is 6.59. The van der Waals surface area contributed by atoms with Crippen molar-refractivity contribution >= 4 is 171 Å². The number of aromatic nitrogens is 7. The van der Waals surface area contributed by atoms with E-state index in [0.717, 1.165) is 57.1 Å². The van der Waals surface area contributed by atoms with Crippen LogP contribution in [-0.2, 0) is 72.1 Å². The monoisotopic (exact) mass is 1310 g/mol. The second kappa shape index (κ2) is 32.0. The zero-order valence-electron chi connectivity index (χ0n) is 43.5. The van der Waals surface area contributed by atoms with Gasteiger partial charge in [0.25, 0.3) is 0 Å². The van der Waals surface area contributed by atoms with E-state index >= 15 is 0 Å². The number of nitrogens with zero attached hydrogens (tertiary/aromatic N) is 12. The highest BCUT2D eigenvalue weighted by atomic mass is 32.1. The number of nitrogen functional groups attached to an aromatic ring is 5. The molecule has 0 bridgehead atoms. The fraction of sp³-hybridized carbons (Fsp3) is 0.282. The highest BCUT2D eigenvalue weighted by Crippen LogP contribution is 2.40. The van der Waals surface area contributed by atoms with Crippen LogP contribution in [0.3, 0.4) is 0 Å². The lowest BCUT2D eigenvalue weighted by Gasteiger charge is -2.16. The van der Waals surface area contributed by atoms with Crippen LogP contribution in [0.5, 0.6) is 0 Å². The third-order valence-corrected chi connectivity index (χ3v) is 11.6. The molecule has 5 aromatic heterocycles. The Labute approximate surface area is 495 Å². The molecule has 86 heavy (non-hydrogen) atoms. The van der Waals surface area contributed by atoms with Gasteiger partial charge >= 0.3 is 59.7 Å². The molecule has 5 aromatic rings. The van der Waals surface area contributed by atoms with Gasteiger partial charge in [-0.05, 0) is 27.7 Å². The molecule has 0 radical (unpaired) electrons. The lowest BCUT2D eigenvalue weighted by atomic mass is 10.1. The largest absolute Gasteiger partial charge is 0.479 e. The van der Waals surface area contributed by atoms with Gasteiger partial charge in [0, 0.05) is 52.0 Å². The number of rotatable bonds is 25. The molecule has 464 valence electrons. The van der Waals surface area contributed by atoms with Gasteiger partial charge in [-0.25, -0.2) is 62.9 Å². The SMILES string of the molecule is CC(C)(O/N=C(\C(=O)O)c1csc(N)n1)C(=O)O.CC(C)(O/N=C(\C(=O)O)c1nsc(N)n1)C(=O)O.Nc1nc(/C(=N/OC2(C(=O)O)CC2)C(=O)O)cs1.Nc1nc(/C(=N/OCC(=O)O)C(=O)O)cs1.Nc1nc(/C(=N/OCC(=O)O)C(=O)O)ns1. The Morgan fingerprint density at radius 1 is 0.465 bits per heavy atom. The van der Waals surface area contributed by atoms with E-state index in [9.17, 15) is 47.9 Å². The Hall–Kier alpha value is -10.9. The number of hydrogen-bond donors (Lipinski definition) is 15. The van der Waals surface area contributed by atoms with Crippen molar-refractivity contribution in [2.24, 2.45) is 25.8 Å². The van der Waals surface area contributed by atoms with Crippen molar-refractivity contribution in [3.8, 4) is 0 Å². The van der Waals surface area contributed by atoms with Crippen LogP contribution < -0.4 is 28.7 Å². The third kappa shape index (κ3) is 23.5. The summed E-state index contributed by atoms with van der Waals surface area (Å²) in [5.74, 6) is -13.7. The number of carboxylic acid groups (broad SMARTS) is 10. The van der Waals surface area contributed by atoms with Crippen LogP contribution in [0.4, 0.5) is 25.7 Å². The first-order valence-electron chi connectivity index (χ1n) is 21.7. The minimum atomic E-state index is -1.66. The van der Waals surface area contributed by atoms with Crippen molar-refractivity contribution in [1.82, 2.24) is 33.7 Å². The summed E-state index contributed by atoms with van der Waals surface area (Å²) in [5.41, 5.74) is 19.4. The van der Waals surface area contributed by atoms with Crippen LogP contribution in [0.25, 0.3) is 0 Å². The third-order valence-electron chi connectivity index (χ3n) is 8.47. The zero-order valence-corrected chi connectivity index (χ0v) is 47.5. The van der Waals surface area contributed by atoms with Gasteiger partial charge in [0.2, 0.25) is 70.2 Å². The Morgan fingerprint density at radius 3 is 1.02 bits per heavy atom. The van der Waals surface area contributed by atoms with Crippen LogP contribution in [0, 0.1) is 0 Å². The zero-order chi connectivity index (χ0) is 65.4. The van der Waals surface area contributed by atoms with E-state index in [1.165, 1.54) is 43.8 Å². The molecule has 0 unspecified atom stereocenters. The van der Waals surface area contributed by atoms with E-state index in [0.29, 0.717) is 12.8 Å². The summed E-state index contributed by atoms with van der Waals surface area (Å²) in [5, 5.41) is 108. The number of oxime groups is 5. The molecule has 0 aliphatic heterocycles. The highest BCUT2D eigenvalue weighted by molar-refractivity contribution is 7.14. The maximum Gasteiger partial charge on any atom is 0.362 e. The first-order chi connectivity index (χ1) is 39.9. The molecule has 0 amide bonds. The molecule has 1 aliphatic rings. The normalized spacial score (nSPS) is 12.9. The van der Waals surface area contributed by atoms with Crippen molar-refractivity contribution in [2.45, 2.75) is 57.3 Å². The molecule has 47 heteroatoms. The fourth-order valence-electron chi connectivity index (χ4n) is 4.08. The van der Waals surface area contributed by atoms with Gasteiger partial charge in [-0.3, -0.25) is 0 Å². The minimum absolute atomic E-state index is 0.0196. The lowest BCUT2D eigenvalue weighted by Crippen LogP contribution is -2.34. The molecule has 1 fully saturated rings. The molecule has 1 saturated carbocycles. The van der Waals surface area contributed by atoms with Crippen LogP contribution in [0.2, 0.25) is 0 Å². The number of hydrogen-bond acceptors (Lipinski definition) is 37. The second-order valence-corrected chi connectivity index (χ2v) is 20.1. The molecule has 1 aliphatic carbocycles. The molecule has 20 N–H and O–H groups in total. The van der Waals surface area contributed by atoms with Crippen LogP contribution >= 0.6 is 57.1 Å². The summed E-state index contributed by atoms with van der Waals surface area (Å²) >= 11 is 4.72. The standard InChI is InChI=1S/C9H9N3O5S.C9H11N3O5S.C8H10N4O5S.C7H7N3O5S.C6H6N4O5S/c10-8-11-4(3-18-8)5(6(13)14)12-17-9(1-2-9)7(15)16;1-9(2,7(15)16)17-12-5(6(13)14)4-3-18-8(10)11-4;1-8(2,6(15)16)17-11-3(5(13)14)4-10-7(9)18-12-4;8-7-9-3(2-16-7)5(6(13)14)10-15-1-4(11)12;7-6-8-4(10-16-6)3(5(13)14)9-15-1-2(11)12/h3H,1-2H2,(H2,10,11)(H,13,14)(H,15,16);3H,1-2H3,(H2,10,11)(H,13,14)(H,15,16);1-2H3,(H,13,14)(H,15,16)(H2,9,10,12);2H,1H2,(H2,8,9)(H,11,12)(H,13,14);1H2,(H,11,12)(H,13,14)(H2,7,8,10)/b2*12-5-;11-3-;10-5-;9-3-. The smallest absolute Gasteiger partial charge is 0.362 e. The van der Waals surface area contributed by atoms with Gasteiger partial charge in [-0.1, -0.05) is 25.8 Å². The quantitative estimate of drug-likeness (QED) is 0.0245. The van der Waals surface area contributed by atoms with Crippen LogP contribution in [0.1, 0.15) is 69.3 Å². The molecule has 42 nitrogen and oxygen atoms in total. The molecule has 6 rings (SSSR count). The predicted molar refractivity (Wildman–Crippen MR) is 293 cm³/mol. The average molecular weight is 1310 g/mol. The molecule has 0 aromatic carbocycles.